The fraction of sp³-hybridized carbons (Fsp3) is 0.385. The van der Waals surface area contributed by atoms with Crippen LogP contribution in [0, 0.1) is 13.8 Å². The van der Waals surface area contributed by atoms with Crippen LogP contribution in [-0.2, 0) is 0 Å². The maximum Gasteiger partial charge on any atom is 0.224 e. The molecule has 0 bridgehead atoms. The van der Waals surface area contributed by atoms with Crippen LogP contribution >= 0.6 is 22.9 Å². The molecule has 0 aliphatic carbocycles. The molecular formula is C13H17ClN4S. The van der Waals surface area contributed by atoms with E-state index in [2.05, 4.69) is 47.4 Å². The van der Waals surface area contributed by atoms with E-state index in [-0.39, 0.29) is 6.04 Å². The van der Waals surface area contributed by atoms with Crippen molar-refractivity contribution in [2.24, 2.45) is 0 Å². The summed E-state index contributed by atoms with van der Waals surface area (Å²) < 4.78 is 0. The van der Waals surface area contributed by atoms with Gasteiger partial charge < -0.3 is 10.6 Å². The van der Waals surface area contributed by atoms with Gasteiger partial charge in [0.05, 0.1) is 12.2 Å². The number of rotatable bonds is 4. The van der Waals surface area contributed by atoms with Crippen molar-refractivity contribution in [1.29, 1.82) is 0 Å². The van der Waals surface area contributed by atoms with E-state index in [1.807, 2.05) is 0 Å². The molecule has 0 radical (unpaired) electrons. The van der Waals surface area contributed by atoms with Crippen molar-refractivity contribution in [3.8, 4) is 0 Å². The summed E-state index contributed by atoms with van der Waals surface area (Å²) in [6.07, 6.45) is 1.60. The van der Waals surface area contributed by atoms with Gasteiger partial charge in [-0.15, -0.1) is 11.3 Å². The Morgan fingerprint density at radius 1 is 1.37 bits per heavy atom. The molecule has 2 N–H and O–H groups in total. The van der Waals surface area contributed by atoms with Crippen LogP contribution in [0.1, 0.15) is 28.3 Å². The van der Waals surface area contributed by atoms with Crippen LogP contribution in [0.2, 0.25) is 5.02 Å². The van der Waals surface area contributed by atoms with Crippen LogP contribution < -0.4 is 10.6 Å². The highest BCUT2D eigenvalue weighted by molar-refractivity contribution is 7.12. The first-order valence-corrected chi connectivity index (χ1v) is 7.24. The number of aryl methyl sites for hydroxylation is 2. The second kappa shape index (κ2) is 5.75. The van der Waals surface area contributed by atoms with Crippen molar-refractivity contribution in [2.75, 3.05) is 17.7 Å². The van der Waals surface area contributed by atoms with Crippen molar-refractivity contribution < 1.29 is 0 Å². The van der Waals surface area contributed by atoms with E-state index in [1.165, 1.54) is 15.3 Å². The Bertz CT molecular complexity index is 582. The highest BCUT2D eigenvalue weighted by atomic mass is 35.5. The Balaban J connectivity index is 2.23. The third-order valence-electron chi connectivity index (χ3n) is 2.87. The van der Waals surface area contributed by atoms with Crippen molar-refractivity contribution in [2.45, 2.75) is 26.8 Å². The average molecular weight is 297 g/mol. The minimum atomic E-state index is 0.155. The Labute approximate surface area is 122 Å². The number of hydrogen-bond donors (Lipinski definition) is 2. The van der Waals surface area contributed by atoms with Gasteiger partial charge in [0.15, 0.2) is 5.82 Å². The lowest BCUT2D eigenvalue weighted by Crippen LogP contribution is -2.10. The predicted molar refractivity (Wildman–Crippen MR) is 82.4 cm³/mol. The van der Waals surface area contributed by atoms with Gasteiger partial charge in [0.1, 0.15) is 5.02 Å². The van der Waals surface area contributed by atoms with Gasteiger partial charge in [-0.05, 0) is 32.4 Å². The normalized spacial score (nSPS) is 12.3. The third-order valence-corrected chi connectivity index (χ3v) is 4.13. The summed E-state index contributed by atoms with van der Waals surface area (Å²) in [6, 6.07) is 2.35. The zero-order valence-electron chi connectivity index (χ0n) is 11.4. The molecular weight excluding hydrogens is 280 g/mol. The molecule has 0 aliphatic rings. The predicted octanol–water partition coefficient (Wildman–Crippen LogP) is 4.02. The first kappa shape index (κ1) is 14.1. The summed E-state index contributed by atoms with van der Waals surface area (Å²) in [5.41, 5.74) is 1.28. The van der Waals surface area contributed by atoms with Crippen molar-refractivity contribution in [3.05, 3.63) is 32.6 Å². The van der Waals surface area contributed by atoms with Crippen LogP contribution in [0.3, 0.4) is 0 Å². The molecule has 19 heavy (non-hydrogen) atoms. The van der Waals surface area contributed by atoms with Gasteiger partial charge in [0.25, 0.3) is 0 Å². The van der Waals surface area contributed by atoms with E-state index in [9.17, 15) is 0 Å². The molecule has 2 rings (SSSR count). The molecule has 0 saturated heterocycles. The first-order valence-electron chi connectivity index (χ1n) is 6.05. The number of thiophene rings is 1. The fourth-order valence-electron chi connectivity index (χ4n) is 1.95. The Hall–Kier alpha value is -1.33. The summed E-state index contributed by atoms with van der Waals surface area (Å²) in [6.45, 7) is 6.35. The molecule has 4 nitrogen and oxygen atoms in total. The van der Waals surface area contributed by atoms with Crippen LogP contribution in [0.5, 0.6) is 0 Å². The first-order chi connectivity index (χ1) is 9.01. The maximum atomic E-state index is 6.12. The molecule has 0 saturated carbocycles. The molecule has 0 spiro atoms. The second-order valence-corrected chi connectivity index (χ2v) is 6.24. The van der Waals surface area contributed by atoms with Gasteiger partial charge in [0.2, 0.25) is 5.95 Å². The molecule has 2 heterocycles. The molecule has 2 aromatic rings. The second-order valence-electron chi connectivity index (χ2n) is 4.37. The Morgan fingerprint density at radius 3 is 2.68 bits per heavy atom. The third kappa shape index (κ3) is 3.16. The number of aromatic nitrogens is 2. The van der Waals surface area contributed by atoms with Crippen LogP contribution in [0.15, 0.2) is 12.3 Å². The number of halogens is 1. The van der Waals surface area contributed by atoms with E-state index in [4.69, 9.17) is 11.6 Å². The van der Waals surface area contributed by atoms with E-state index in [0.29, 0.717) is 16.8 Å². The SMILES string of the molecule is CNc1ncc(Cl)c(NC(C)c2cc(C)sc2C)n1. The molecule has 0 aromatic carbocycles. The van der Waals surface area contributed by atoms with E-state index < -0.39 is 0 Å². The zero-order chi connectivity index (χ0) is 14.0. The maximum absolute atomic E-state index is 6.12. The molecule has 0 aliphatic heterocycles. The minimum absolute atomic E-state index is 0.155. The lowest BCUT2D eigenvalue weighted by molar-refractivity contribution is 0.870. The number of anilines is 2. The van der Waals surface area contributed by atoms with Gasteiger partial charge in [-0.3, -0.25) is 0 Å². The number of nitrogens with one attached hydrogen (secondary N) is 2. The quantitative estimate of drug-likeness (QED) is 0.894. The average Bonchev–Trinajstić information content (AvgIpc) is 2.71. The highest BCUT2D eigenvalue weighted by Crippen LogP contribution is 2.30. The molecule has 1 unspecified atom stereocenters. The van der Waals surface area contributed by atoms with Gasteiger partial charge in [-0.1, -0.05) is 11.6 Å². The van der Waals surface area contributed by atoms with Gasteiger partial charge in [0, 0.05) is 16.8 Å². The molecule has 1 atom stereocenters. The topological polar surface area (TPSA) is 49.8 Å². The standard InChI is InChI=1S/C13H17ClN4S/c1-7-5-10(9(3)19-7)8(2)17-12-11(14)6-16-13(15-4)18-12/h5-6,8H,1-4H3,(H2,15,16,17,18). The largest absolute Gasteiger partial charge is 0.362 e. The van der Waals surface area contributed by atoms with Crippen LogP contribution in [-0.4, -0.2) is 17.0 Å². The summed E-state index contributed by atoms with van der Waals surface area (Å²) in [4.78, 5) is 11.0. The lowest BCUT2D eigenvalue weighted by atomic mass is 10.1. The molecule has 0 amide bonds. The number of hydrogen-bond acceptors (Lipinski definition) is 5. The Kier molecular flexibility index (Phi) is 4.27. The van der Waals surface area contributed by atoms with E-state index in [0.717, 1.165) is 0 Å². The van der Waals surface area contributed by atoms with Gasteiger partial charge in [-0.2, -0.15) is 4.98 Å². The van der Waals surface area contributed by atoms with Gasteiger partial charge >= 0.3 is 0 Å². The molecule has 6 heteroatoms. The molecule has 0 fully saturated rings. The van der Waals surface area contributed by atoms with Crippen molar-refractivity contribution >= 4 is 34.7 Å². The summed E-state index contributed by atoms with van der Waals surface area (Å²) in [7, 11) is 1.78. The monoisotopic (exact) mass is 296 g/mol. The smallest absolute Gasteiger partial charge is 0.224 e. The van der Waals surface area contributed by atoms with E-state index >= 15 is 0 Å². The van der Waals surface area contributed by atoms with E-state index in [1.54, 1.807) is 24.6 Å². The van der Waals surface area contributed by atoms with Crippen LogP contribution in [0.25, 0.3) is 0 Å². The fourth-order valence-corrected chi connectivity index (χ4v) is 3.12. The van der Waals surface area contributed by atoms with Crippen molar-refractivity contribution in [3.63, 3.8) is 0 Å². The lowest BCUT2D eigenvalue weighted by Gasteiger charge is -2.16. The molecule has 102 valence electrons. The Morgan fingerprint density at radius 2 is 2.11 bits per heavy atom. The van der Waals surface area contributed by atoms with Crippen LogP contribution in [0.4, 0.5) is 11.8 Å². The van der Waals surface area contributed by atoms with Gasteiger partial charge in [-0.25, -0.2) is 4.98 Å². The summed E-state index contributed by atoms with van der Waals surface area (Å²) >= 11 is 7.92. The summed E-state index contributed by atoms with van der Waals surface area (Å²) in [5, 5.41) is 6.77. The zero-order valence-corrected chi connectivity index (χ0v) is 13.0. The van der Waals surface area contributed by atoms with Crippen molar-refractivity contribution in [1.82, 2.24) is 9.97 Å². The molecule has 2 aromatic heterocycles. The minimum Gasteiger partial charge on any atom is -0.362 e. The highest BCUT2D eigenvalue weighted by Gasteiger charge is 2.14. The number of nitrogens with zero attached hydrogens (tertiary/aromatic N) is 2. The summed E-state index contributed by atoms with van der Waals surface area (Å²) in [5.74, 6) is 1.20.